The third-order valence-corrected chi connectivity index (χ3v) is 6.95. The van der Waals surface area contributed by atoms with Crippen molar-refractivity contribution in [2.45, 2.75) is 38.3 Å². The van der Waals surface area contributed by atoms with E-state index < -0.39 is 0 Å². The fourth-order valence-electron chi connectivity index (χ4n) is 5.63. The van der Waals surface area contributed by atoms with Crippen molar-refractivity contribution >= 4 is 22.8 Å². The summed E-state index contributed by atoms with van der Waals surface area (Å²) in [4.78, 5) is 33.9. The van der Waals surface area contributed by atoms with E-state index in [2.05, 4.69) is 20.1 Å². The zero-order valence-corrected chi connectivity index (χ0v) is 17.0. The van der Waals surface area contributed by atoms with Crippen molar-refractivity contribution in [2.75, 3.05) is 26.2 Å². The predicted molar refractivity (Wildman–Crippen MR) is 110 cm³/mol. The first kappa shape index (κ1) is 18.6. The maximum atomic E-state index is 12.6. The minimum Gasteiger partial charge on any atom is -0.348 e. The summed E-state index contributed by atoms with van der Waals surface area (Å²) in [6.07, 6.45) is 4.05. The summed E-state index contributed by atoms with van der Waals surface area (Å²) >= 11 is 0. The number of amides is 2. The molecule has 29 heavy (non-hydrogen) atoms. The minimum absolute atomic E-state index is 0.0496. The van der Waals surface area contributed by atoms with Crippen molar-refractivity contribution in [3.05, 3.63) is 30.1 Å². The fraction of sp³-hybridized carbons (Fsp3) is 0.591. The van der Waals surface area contributed by atoms with E-state index in [1.165, 1.54) is 6.42 Å². The van der Waals surface area contributed by atoms with Crippen LogP contribution < -0.4 is 5.32 Å². The van der Waals surface area contributed by atoms with Gasteiger partial charge in [-0.3, -0.25) is 14.5 Å². The molecule has 7 nitrogen and oxygen atoms in total. The number of benzene rings is 1. The van der Waals surface area contributed by atoms with Gasteiger partial charge in [-0.05, 0) is 43.2 Å². The Hall–Kier alpha value is -2.41. The van der Waals surface area contributed by atoms with E-state index in [0.717, 1.165) is 49.3 Å². The van der Waals surface area contributed by atoms with E-state index in [9.17, 15) is 9.59 Å². The monoisotopic (exact) mass is 395 g/mol. The van der Waals surface area contributed by atoms with Gasteiger partial charge in [-0.25, -0.2) is 4.98 Å². The summed E-state index contributed by atoms with van der Waals surface area (Å²) < 4.78 is 2.04. The first-order valence-corrected chi connectivity index (χ1v) is 10.8. The van der Waals surface area contributed by atoms with Gasteiger partial charge in [0, 0.05) is 39.1 Å². The zero-order chi connectivity index (χ0) is 20.0. The van der Waals surface area contributed by atoms with Gasteiger partial charge in [0.15, 0.2) is 0 Å². The number of fused-ring (bicyclic) bond motifs is 5. The molecule has 0 radical (unpaired) electrons. The van der Waals surface area contributed by atoms with Crippen LogP contribution in [0.2, 0.25) is 0 Å². The van der Waals surface area contributed by atoms with Crippen LogP contribution in [0.15, 0.2) is 24.3 Å². The number of rotatable bonds is 4. The SMILES string of the molecule is Cn1c(CNC(=O)CN2C[C@H]3C[C@H](C2)[C@H]2CCCC(=O)N2C3)nc2ccccc21. The summed E-state index contributed by atoms with van der Waals surface area (Å²) in [7, 11) is 1.99. The normalized spacial score (nSPS) is 27.1. The molecule has 5 rings (SSSR count). The molecular weight excluding hydrogens is 366 g/mol. The molecule has 0 spiro atoms. The lowest BCUT2D eigenvalue weighted by Gasteiger charge is -2.52. The predicted octanol–water partition coefficient (Wildman–Crippen LogP) is 1.52. The largest absolute Gasteiger partial charge is 0.348 e. The fourth-order valence-corrected chi connectivity index (χ4v) is 5.63. The Balaban J connectivity index is 1.18. The van der Waals surface area contributed by atoms with Gasteiger partial charge in [0.05, 0.1) is 24.1 Å². The van der Waals surface area contributed by atoms with Crippen molar-refractivity contribution < 1.29 is 9.59 Å². The molecule has 3 saturated heterocycles. The number of hydrogen-bond acceptors (Lipinski definition) is 4. The van der Waals surface area contributed by atoms with Crippen LogP contribution in [-0.4, -0.2) is 63.4 Å². The molecule has 1 aromatic carbocycles. The Bertz CT molecular complexity index is 938. The van der Waals surface area contributed by atoms with Crippen LogP contribution in [0.5, 0.6) is 0 Å². The molecule has 3 fully saturated rings. The number of aromatic nitrogens is 2. The first-order chi connectivity index (χ1) is 14.1. The van der Waals surface area contributed by atoms with Crippen molar-refractivity contribution in [1.82, 2.24) is 24.7 Å². The Morgan fingerprint density at radius 2 is 2.10 bits per heavy atom. The molecule has 3 aliphatic rings. The highest BCUT2D eigenvalue weighted by Gasteiger charge is 2.44. The van der Waals surface area contributed by atoms with Crippen LogP contribution in [-0.2, 0) is 23.2 Å². The molecule has 1 N–H and O–H groups in total. The van der Waals surface area contributed by atoms with Crippen LogP contribution in [0.25, 0.3) is 11.0 Å². The number of hydrogen-bond donors (Lipinski definition) is 1. The highest BCUT2D eigenvalue weighted by Crippen LogP contribution is 2.37. The molecule has 0 saturated carbocycles. The summed E-state index contributed by atoms with van der Waals surface area (Å²) in [5, 5.41) is 3.05. The van der Waals surface area contributed by atoms with Gasteiger partial charge >= 0.3 is 0 Å². The Kier molecular flexibility index (Phi) is 4.78. The molecule has 0 unspecified atom stereocenters. The van der Waals surface area contributed by atoms with Crippen molar-refractivity contribution in [3.8, 4) is 0 Å². The van der Waals surface area contributed by atoms with E-state index in [1.807, 2.05) is 35.9 Å². The second-order valence-corrected chi connectivity index (χ2v) is 8.91. The lowest BCUT2D eigenvalue weighted by atomic mass is 9.76. The number of aryl methyl sites for hydroxylation is 1. The summed E-state index contributed by atoms with van der Waals surface area (Å²) in [6, 6.07) is 8.40. The Morgan fingerprint density at radius 3 is 2.97 bits per heavy atom. The van der Waals surface area contributed by atoms with Crippen LogP contribution in [0.4, 0.5) is 0 Å². The molecular formula is C22H29N5O2. The average Bonchev–Trinajstić information content (AvgIpc) is 3.03. The van der Waals surface area contributed by atoms with Crippen molar-refractivity contribution in [2.24, 2.45) is 18.9 Å². The molecule has 2 amide bonds. The molecule has 154 valence electrons. The van der Waals surface area contributed by atoms with Crippen LogP contribution in [0.3, 0.4) is 0 Å². The lowest BCUT2D eigenvalue weighted by molar-refractivity contribution is -0.145. The van der Waals surface area contributed by atoms with E-state index in [0.29, 0.717) is 43.3 Å². The molecule has 0 aliphatic carbocycles. The highest BCUT2D eigenvalue weighted by atomic mass is 16.2. The summed E-state index contributed by atoms with van der Waals surface area (Å²) in [5.41, 5.74) is 2.03. The van der Waals surface area contributed by atoms with Crippen LogP contribution in [0, 0.1) is 11.8 Å². The molecule has 7 heteroatoms. The van der Waals surface area contributed by atoms with Crippen molar-refractivity contribution in [1.29, 1.82) is 0 Å². The third-order valence-electron chi connectivity index (χ3n) is 6.95. The maximum absolute atomic E-state index is 12.6. The summed E-state index contributed by atoms with van der Waals surface area (Å²) in [5.74, 6) is 2.27. The Morgan fingerprint density at radius 1 is 1.24 bits per heavy atom. The first-order valence-electron chi connectivity index (χ1n) is 10.8. The van der Waals surface area contributed by atoms with Crippen molar-refractivity contribution in [3.63, 3.8) is 0 Å². The zero-order valence-electron chi connectivity index (χ0n) is 17.0. The van der Waals surface area contributed by atoms with Crippen LogP contribution in [0.1, 0.15) is 31.5 Å². The summed E-state index contributed by atoms with van der Waals surface area (Å²) in [6.45, 7) is 3.57. The van der Waals surface area contributed by atoms with E-state index in [-0.39, 0.29) is 5.91 Å². The van der Waals surface area contributed by atoms with Gasteiger partial charge < -0.3 is 14.8 Å². The highest BCUT2D eigenvalue weighted by molar-refractivity contribution is 5.79. The quantitative estimate of drug-likeness (QED) is 0.852. The van der Waals surface area contributed by atoms with E-state index in [1.54, 1.807) is 0 Å². The number of piperidine rings is 3. The molecule has 2 bridgehead atoms. The average molecular weight is 396 g/mol. The molecule has 2 aromatic rings. The number of para-hydroxylation sites is 2. The van der Waals surface area contributed by atoms with E-state index in [4.69, 9.17) is 0 Å². The number of carbonyl (C=O) groups is 2. The maximum Gasteiger partial charge on any atom is 0.234 e. The van der Waals surface area contributed by atoms with Gasteiger partial charge in [0.25, 0.3) is 0 Å². The smallest absolute Gasteiger partial charge is 0.234 e. The number of carbonyl (C=O) groups excluding carboxylic acids is 2. The van der Waals surface area contributed by atoms with Gasteiger partial charge in [0.1, 0.15) is 5.82 Å². The van der Waals surface area contributed by atoms with Crippen LogP contribution >= 0.6 is 0 Å². The van der Waals surface area contributed by atoms with Gasteiger partial charge in [-0.1, -0.05) is 12.1 Å². The topological polar surface area (TPSA) is 70.5 Å². The van der Waals surface area contributed by atoms with Gasteiger partial charge in [0.2, 0.25) is 11.8 Å². The second kappa shape index (κ2) is 7.44. The molecule has 3 atom stereocenters. The third kappa shape index (κ3) is 3.52. The second-order valence-electron chi connectivity index (χ2n) is 8.91. The number of imidazole rings is 1. The van der Waals surface area contributed by atoms with E-state index >= 15 is 0 Å². The standard InChI is InChI=1S/C22H29N5O2/c1-25-19-6-3-2-5-17(19)24-20(25)10-23-21(28)14-26-11-15-9-16(13-26)18-7-4-8-22(29)27(18)12-15/h2-3,5-6,15-16,18H,4,7-14H2,1H3,(H,23,28)/t15-,16-,18-/m1/s1. The van der Waals surface area contributed by atoms with Gasteiger partial charge in [-0.2, -0.15) is 0 Å². The molecule has 1 aromatic heterocycles. The Labute approximate surface area is 171 Å². The number of nitrogens with one attached hydrogen (secondary N) is 1. The molecule has 3 aliphatic heterocycles. The minimum atomic E-state index is 0.0496. The van der Waals surface area contributed by atoms with Gasteiger partial charge in [-0.15, -0.1) is 0 Å². The number of likely N-dealkylation sites (tertiary alicyclic amines) is 1. The molecule has 4 heterocycles. The lowest BCUT2D eigenvalue weighted by Crippen LogP contribution is -2.61. The number of nitrogens with zero attached hydrogens (tertiary/aromatic N) is 4.